The predicted octanol–water partition coefficient (Wildman–Crippen LogP) is 7.26. The minimum atomic E-state index is -0.871. The van der Waals surface area contributed by atoms with Crippen molar-refractivity contribution in [2.24, 2.45) is 5.92 Å². The normalized spacial score (nSPS) is 22.4. The maximum absolute atomic E-state index is 14.8. The van der Waals surface area contributed by atoms with Gasteiger partial charge in [0.1, 0.15) is 11.9 Å². The first-order valence-electron chi connectivity index (χ1n) is 11.6. The van der Waals surface area contributed by atoms with Gasteiger partial charge in [0.2, 0.25) is 0 Å². The second-order valence-corrected chi connectivity index (χ2v) is 9.16. The van der Waals surface area contributed by atoms with Crippen molar-refractivity contribution < 1.29 is 22.6 Å². The van der Waals surface area contributed by atoms with Crippen LogP contribution in [0, 0.1) is 23.4 Å². The Labute approximate surface area is 192 Å². The fraction of sp³-hybridized carbons (Fsp3) is 0.357. The van der Waals surface area contributed by atoms with Gasteiger partial charge in [0.25, 0.3) is 0 Å². The van der Waals surface area contributed by atoms with Crippen LogP contribution in [0.15, 0.2) is 54.6 Å². The molecule has 5 rings (SSSR count). The molecule has 2 saturated heterocycles. The molecule has 0 radical (unpaired) electrons. The van der Waals surface area contributed by atoms with Gasteiger partial charge in [-0.05, 0) is 66.8 Å². The molecule has 3 atom stereocenters. The Morgan fingerprint density at radius 2 is 1.52 bits per heavy atom. The van der Waals surface area contributed by atoms with E-state index in [1.807, 2.05) is 12.1 Å². The lowest BCUT2D eigenvalue weighted by Gasteiger charge is -2.26. The largest absolute Gasteiger partial charge is 0.378 e. The molecule has 0 saturated carbocycles. The van der Waals surface area contributed by atoms with Gasteiger partial charge in [-0.1, -0.05) is 48.5 Å². The van der Waals surface area contributed by atoms with Gasteiger partial charge in [0.05, 0.1) is 12.7 Å². The molecule has 0 spiro atoms. The summed E-state index contributed by atoms with van der Waals surface area (Å²) in [7, 11) is 0. The summed E-state index contributed by atoms with van der Waals surface area (Å²) in [5.74, 6) is -1.45. The lowest BCUT2D eigenvalue weighted by atomic mass is 9.92. The third kappa shape index (κ3) is 4.85. The van der Waals surface area contributed by atoms with Gasteiger partial charge in [-0.15, -0.1) is 0 Å². The average molecular weight is 453 g/mol. The van der Waals surface area contributed by atoms with Crippen molar-refractivity contribution in [3.8, 4) is 22.3 Å². The molecule has 2 fully saturated rings. The number of hydrogen-bond donors (Lipinski definition) is 0. The first kappa shape index (κ1) is 22.2. The summed E-state index contributed by atoms with van der Waals surface area (Å²) in [4.78, 5) is 0. The minimum absolute atomic E-state index is 0.200. The number of epoxide rings is 1. The van der Waals surface area contributed by atoms with Crippen molar-refractivity contribution in [1.29, 1.82) is 0 Å². The second kappa shape index (κ2) is 9.32. The molecule has 0 aromatic heterocycles. The van der Waals surface area contributed by atoms with Gasteiger partial charge in [0, 0.05) is 17.7 Å². The zero-order chi connectivity index (χ0) is 22.9. The second-order valence-electron chi connectivity index (χ2n) is 9.16. The molecule has 3 aromatic carbocycles. The van der Waals surface area contributed by atoms with E-state index in [1.165, 1.54) is 0 Å². The van der Waals surface area contributed by atoms with E-state index in [9.17, 15) is 13.2 Å². The number of rotatable bonds is 6. The number of halogens is 3. The third-order valence-corrected chi connectivity index (χ3v) is 6.79. The van der Waals surface area contributed by atoms with Crippen molar-refractivity contribution in [1.82, 2.24) is 0 Å². The van der Waals surface area contributed by atoms with E-state index in [0.717, 1.165) is 37.0 Å². The topological polar surface area (TPSA) is 21.8 Å². The van der Waals surface area contributed by atoms with E-state index in [4.69, 9.17) is 9.47 Å². The first-order chi connectivity index (χ1) is 16.0. The fourth-order valence-corrected chi connectivity index (χ4v) is 4.56. The van der Waals surface area contributed by atoms with Crippen LogP contribution < -0.4 is 0 Å². The van der Waals surface area contributed by atoms with Crippen molar-refractivity contribution in [3.63, 3.8) is 0 Å². The standard InChI is InChI=1S/C28H27F3O2/c1-17-2-3-18(15-32-17)4-5-21-10-11-22(14-25(21)29)19-6-8-20(9-7-19)23-12-13-24(26-16-33-26)28(31)27(23)30/h6-14,17-18,26H,2-5,15-16H2,1H3. The summed E-state index contributed by atoms with van der Waals surface area (Å²) in [6.07, 6.45) is 3.81. The summed E-state index contributed by atoms with van der Waals surface area (Å²) >= 11 is 0. The average Bonchev–Trinajstić information content (AvgIpc) is 3.67. The summed E-state index contributed by atoms with van der Waals surface area (Å²) in [6, 6.07) is 15.5. The molecule has 3 unspecified atom stereocenters. The summed E-state index contributed by atoms with van der Waals surface area (Å²) in [5, 5.41) is 0. The highest BCUT2D eigenvalue weighted by atomic mass is 19.2. The molecular formula is C28H27F3O2. The van der Waals surface area contributed by atoms with E-state index in [-0.39, 0.29) is 23.0 Å². The maximum Gasteiger partial charge on any atom is 0.167 e. The highest BCUT2D eigenvalue weighted by Gasteiger charge is 2.30. The number of hydrogen-bond acceptors (Lipinski definition) is 2. The Morgan fingerprint density at radius 3 is 2.18 bits per heavy atom. The Kier molecular flexibility index (Phi) is 6.26. The minimum Gasteiger partial charge on any atom is -0.378 e. The quantitative estimate of drug-likeness (QED) is 0.367. The number of aryl methyl sites for hydroxylation is 1. The third-order valence-electron chi connectivity index (χ3n) is 6.79. The van der Waals surface area contributed by atoms with E-state index in [0.29, 0.717) is 36.2 Å². The van der Waals surface area contributed by atoms with Crippen LogP contribution >= 0.6 is 0 Å². The smallest absolute Gasteiger partial charge is 0.167 e. The van der Waals surface area contributed by atoms with E-state index >= 15 is 0 Å². The van der Waals surface area contributed by atoms with Gasteiger partial charge < -0.3 is 9.47 Å². The monoisotopic (exact) mass is 452 g/mol. The summed E-state index contributed by atoms with van der Waals surface area (Å²) in [5.41, 5.74) is 3.32. The Morgan fingerprint density at radius 1 is 0.788 bits per heavy atom. The molecule has 0 N–H and O–H groups in total. The molecule has 2 aliphatic heterocycles. The lowest BCUT2D eigenvalue weighted by molar-refractivity contribution is -0.00698. The Balaban J connectivity index is 1.28. The van der Waals surface area contributed by atoms with Crippen molar-refractivity contribution >= 4 is 0 Å². The van der Waals surface area contributed by atoms with Crippen LogP contribution in [0.1, 0.15) is 43.4 Å². The molecule has 0 aliphatic carbocycles. The first-order valence-corrected chi connectivity index (χ1v) is 11.6. The highest BCUT2D eigenvalue weighted by Crippen LogP contribution is 2.36. The van der Waals surface area contributed by atoms with Gasteiger partial charge in [-0.25, -0.2) is 13.2 Å². The van der Waals surface area contributed by atoms with E-state index in [2.05, 4.69) is 6.92 Å². The van der Waals surface area contributed by atoms with Crippen LogP contribution in [0.4, 0.5) is 13.2 Å². The molecule has 0 bridgehead atoms. The zero-order valence-corrected chi connectivity index (χ0v) is 18.6. The SMILES string of the molecule is CC1CCC(CCc2ccc(-c3ccc(-c4ccc(C5CO5)c(F)c4F)cc3)cc2F)CO1. The number of ether oxygens (including phenoxy) is 2. The van der Waals surface area contributed by atoms with Gasteiger partial charge in [0.15, 0.2) is 11.6 Å². The molecule has 172 valence electrons. The van der Waals surface area contributed by atoms with Gasteiger partial charge >= 0.3 is 0 Å². The molecule has 3 aromatic rings. The van der Waals surface area contributed by atoms with Crippen LogP contribution in [0.5, 0.6) is 0 Å². The van der Waals surface area contributed by atoms with Crippen molar-refractivity contribution in [2.45, 2.75) is 44.8 Å². The van der Waals surface area contributed by atoms with Crippen molar-refractivity contribution in [2.75, 3.05) is 13.2 Å². The predicted molar refractivity (Wildman–Crippen MR) is 122 cm³/mol. The molecule has 33 heavy (non-hydrogen) atoms. The van der Waals surface area contributed by atoms with Crippen LogP contribution in [0.25, 0.3) is 22.3 Å². The maximum atomic E-state index is 14.8. The number of benzene rings is 3. The van der Waals surface area contributed by atoms with Crippen LogP contribution in [0.2, 0.25) is 0 Å². The van der Waals surface area contributed by atoms with Crippen LogP contribution in [-0.2, 0) is 15.9 Å². The van der Waals surface area contributed by atoms with Crippen molar-refractivity contribution in [3.05, 3.63) is 83.2 Å². The summed E-state index contributed by atoms with van der Waals surface area (Å²) < 4.78 is 54.5. The summed E-state index contributed by atoms with van der Waals surface area (Å²) in [6.45, 7) is 3.28. The molecule has 2 heterocycles. The molecular weight excluding hydrogens is 425 g/mol. The van der Waals surface area contributed by atoms with E-state index in [1.54, 1.807) is 42.5 Å². The molecule has 2 aliphatic rings. The Bertz CT molecular complexity index is 1130. The fourth-order valence-electron chi connectivity index (χ4n) is 4.56. The van der Waals surface area contributed by atoms with Crippen LogP contribution in [0.3, 0.4) is 0 Å². The molecule has 5 heteroatoms. The van der Waals surface area contributed by atoms with Gasteiger partial charge in [-0.2, -0.15) is 0 Å². The lowest BCUT2D eigenvalue weighted by Crippen LogP contribution is -2.23. The molecule has 2 nitrogen and oxygen atoms in total. The van der Waals surface area contributed by atoms with Gasteiger partial charge in [-0.3, -0.25) is 0 Å². The van der Waals surface area contributed by atoms with Crippen LogP contribution in [-0.4, -0.2) is 19.3 Å². The molecule has 0 amide bonds. The van der Waals surface area contributed by atoms with E-state index < -0.39 is 11.6 Å². The zero-order valence-electron chi connectivity index (χ0n) is 18.6. The Hall–Kier alpha value is -2.63. The highest BCUT2D eigenvalue weighted by molar-refractivity contribution is 5.71.